The molecule has 9 heavy (non-hydrogen) atoms. The first-order valence-electron chi connectivity index (χ1n) is 2.54. The second-order valence-electron chi connectivity index (χ2n) is 1.84. The third-order valence-electron chi connectivity index (χ3n) is 1.03. The van der Waals surface area contributed by atoms with Crippen molar-refractivity contribution in [1.29, 1.82) is 0 Å². The Morgan fingerprint density at radius 3 is 1.89 bits per heavy atom. The molecule has 0 atom stereocenters. The van der Waals surface area contributed by atoms with Gasteiger partial charge in [-0.05, 0) is 19.1 Å². The number of hydrogen-bond acceptors (Lipinski definition) is 1. The van der Waals surface area contributed by atoms with Crippen LogP contribution in [0.3, 0.4) is 0 Å². The first-order chi connectivity index (χ1) is 3.79. The predicted octanol–water partition coefficient (Wildman–Crippen LogP) is 1.90. The van der Waals surface area contributed by atoms with Crippen LogP contribution >= 0.6 is 12.6 Å². The molecule has 0 nitrogen and oxygen atoms in total. The minimum absolute atomic E-state index is 0. The van der Waals surface area contributed by atoms with Gasteiger partial charge in [0.05, 0.1) is 0 Å². The van der Waals surface area contributed by atoms with Gasteiger partial charge < -0.3 is 0 Å². The fourth-order valence-corrected chi connectivity index (χ4v) is 0.694. The van der Waals surface area contributed by atoms with Crippen molar-refractivity contribution in [3.8, 4) is 0 Å². The zero-order valence-corrected chi connectivity index (χ0v) is 10.0. The molecule has 0 aliphatic rings. The molecule has 0 bridgehead atoms. The van der Waals surface area contributed by atoms with Crippen LogP contribution in [0.5, 0.6) is 0 Å². The summed E-state index contributed by atoms with van der Waals surface area (Å²) in [5.74, 6) is 0. The van der Waals surface area contributed by atoms with E-state index in [0.29, 0.717) is 0 Å². The molecule has 0 unspecified atom stereocenters. The van der Waals surface area contributed by atoms with Gasteiger partial charge in [-0.2, -0.15) is 0 Å². The van der Waals surface area contributed by atoms with Gasteiger partial charge in [0.25, 0.3) is 0 Å². The van der Waals surface area contributed by atoms with E-state index in [4.69, 9.17) is 0 Å². The van der Waals surface area contributed by atoms with Gasteiger partial charge in [-0.1, -0.05) is 17.7 Å². The van der Waals surface area contributed by atoms with Crippen LogP contribution in [-0.2, 0) is 0 Å². The number of rotatable bonds is 0. The Balaban J connectivity index is 0.000000640. The average Bonchev–Trinajstić information content (AvgIpc) is 1.77. The molecule has 0 spiro atoms. The summed E-state index contributed by atoms with van der Waals surface area (Å²) in [4.78, 5) is 1.02. The number of aryl methyl sites for hydroxylation is 1. The van der Waals surface area contributed by atoms with E-state index in [1.54, 1.807) is 0 Å². The van der Waals surface area contributed by atoms with E-state index in [2.05, 4.69) is 19.6 Å². The van der Waals surface area contributed by atoms with Crippen molar-refractivity contribution in [1.82, 2.24) is 0 Å². The van der Waals surface area contributed by atoms with E-state index in [1.807, 2.05) is 24.3 Å². The standard InChI is InChI=1S/C7H8S.Pb/c1-6-2-4-7(8)5-3-6;/h2-5,8H,1H3;. The summed E-state index contributed by atoms with van der Waals surface area (Å²) in [6.07, 6.45) is 0. The Labute approximate surface area is 81.2 Å². The van der Waals surface area contributed by atoms with Gasteiger partial charge in [0.1, 0.15) is 0 Å². The third kappa shape index (κ3) is 3.25. The first-order valence-corrected chi connectivity index (χ1v) is 2.99. The molecular weight excluding hydrogens is 323 g/mol. The molecule has 0 heterocycles. The molecule has 0 saturated heterocycles. The molecule has 1 rings (SSSR count). The summed E-state index contributed by atoms with van der Waals surface area (Å²) in [5.41, 5.74) is 1.28. The zero-order valence-electron chi connectivity index (χ0n) is 5.26. The molecule has 0 N–H and O–H groups in total. The zero-order chi connectivity index (χ0) is 5.98. The largest absolute Gasteiger partial charge is 0.143 e. The maximum absolute atomic E-state index is 4.13. The molecule has 4 radical (unpaired) electrons. The Morgan fingerprint density at radius 2 is 1.56 bits per heavy atom. The molecule has 0 aliphatic heterocycles. The van der Waals surface area contributed by atoms with Crippen molar-refractivity contribution in [3.63, 3.8) is 0 Å². The van der Waals surface area contributed by atoms with Gasteiger partial charge in [-0.15, -0.1) is 12.6 Å². The van der Waals surface area contributed by atoms with E-state index in [-0.39, 0.29) is 27.3 Å². The smallest absolute Gasteiger partial charge is 0.00401 e. The van der Waals surface area contributed by atoms with Crippen LogP contribution in [0.15, 0.2) is 29.2 Å². The summed E-state index contributed by atoms with van der Waals surface area (Å²) >= 11 is 4.13. The van der Waals surface area contributed by atoms with E-state index in [0.717, 1.165) is 4.90 Å². The van der Waals surface area contributed by atoms with Crippen LogP contribution in [0, 0.1) is 6.92 Å². The molecular formula is C7H8PbS. The Hall–Kier alpha value is 0.492. The Morgan fingerprint density at radius 1 is 1.11 bits per heavy atom. The van der Waals surface area contributed by atoms with Crippen molar-refractivity contribution in [2.45, 2.75) is 11.8 Å². The Bertz CT molecular complexity index is 148. The molecule has 1 aromatic rings. The van der Waals surface area contributed by atoms with Gasteiger partial charge in [0.2, 0.25) is 0 Å². The van der Waals surface area contributed by atoms with Crippen molar-refractivity contribution in [3.05, 3.63) is 29.8 Å². The molecule has 46 valence electrons. The SMILES string of the molecule is Cc1ccc(S)cc1.[Pb]. The summed E-state index contributed by atoms with van der Waals surface area (Å²) in [5, 5.41) is 0. The van der Waals surface area contributed by atoms with Gasteiger partial charge >= 0.3 is 0 Å². The number of hydrogen-bond donors (Lipinski definition) is 1. The van der Waals surface area contributed by atoms with Gasteiger partial charge in [0, 0.05) is 32.2 Å². The second-order valence-corrected chi connectivity index (χ2v) is 2.35. The fourth-order valence-electron chi connectivity index (χ4n) is 0.545. The minimum atomic E-state index is 0. The third-order valence-corrected chi connectivity index (χ3v) is 1.33. The van der Waals surface area contributed by atoms with Gasteiger partial charge in [0.15, 0.2) is 0 Å². The second kappa shape index (κ2) is 4.33. The fraction of sp³-hybridized carbons (Fsp3) is 0.143. The average molecular weight is 331 g/mol. The predicted molar refractivity (Wildman–Crippen MR) is 44.2 cm³/mol. The first kappa shape index (κ1) is 9.49. The summed E-state index contributed by atoms with van der Waals surface area (Å²) < 4.78 is 0. The quantitative estimate of drug-likeness (QED) is 0.545. The number of benzene rings is 1. The van der Waals surface area contributed by atoms with Crippen LogP contribution in [0.4, 0.5) is 0 Å². The summed E-state index contributed by atoms with van der Waals surface area (Å²) in [6.45, 7) is 2.06. The maximum Gasteiger partial charge on any atom is 0.00401 e. The van der Waals surface area contributed by atoms with Crippen LogP contribution < -0.4 is 0 Å². The molecule has 0 aliphatic carbocycles. The molecule has 2 heteroatoms. The van der Waals surface area contributed by atoms with E-state index < -0.39 is 0 Å². The minimum Gasteiger partial charge on any atom is -0.143 e. The van der Waals surface area contributed by atoms with Crippen molar-refractivity contribution < 1.29 is 0 Å². The number of thiol groups is 1. The van der Waals surface area contributed by atoms with Gasteiger partial charge in [-0.3, -0.25) is 0 Å². The van der Waals surface area contributed by atoms with Crippen LogP contribution in [0.25, 0.3) is 0 Å². The summed E-state index contributed by atoms with van der Waals surface area (Å²) in [6, 6.07) is 8.06. The van der Waals surface area contributed by atoms with Crippen molar-refractivity contribution in [2.75, 3.05) is 0 Å². The maximum atomic E-state index is 4.13. The summed E-state index contributed by atoms with van der Waals surface area (Å²) in [7, 11) is 0. The van der Waals surface area contributed by atoms with E-state index >= 15 is 0 Å². The molecule has 1 aromatic carbocycles. The molecule has 0 amide bonds. The monoisotopic (exact) mass is 332 g/mol. The van der Waals surface area contributed by atoms with E-state index in [9.17, 15) is 0 Å². The van der Waals surface area contributed by atoms with Crippen molar-refractivity contribution in [2.24, 2.45) is 0 Å². The molecule has 0 saturated carbocycles. The topological polar surface area (TPSA) is 0 Å². The van der Waals surface area contributed by atoms with Crippen LogP contribution in [-0.4, -0.2) is 27.3 Å². The van der Waals surface area contributed by atoms with Crippen LogP contribution in [0.1, 0.15) is 5.56 Å². The van der Waals surface area contributed by atoms with Crippen LogP contribution in [0.2, 0.25) is 0 Å². The molecule has 0 aromatic heterocycles. The van der Waals surface area contributed by atoms with Crippen molar-refractivity contribution >= 4 is 39.9 Å². The molecule has 0 fully saturated rings. The normalized spacial score (nSPS) is 8.22. The van der Waals surface area contributed by atoms with Gasteiger partial charge in [-0.25, -0.2) is 0 Å². The van der Waals surface area contributed by atoms with E-state index in [1.165, 1.54) is 5.56 Å². The Kier molecular flexibility index (Phi) is 4.57.